The van der Waals surface area contributed by atoms with Crippen molar-refractivity contribution < 1.29 is 0 Å². The number of rotatable bonds is 4. The van der Waals surface area contributed by atoms with Gasteiger partial charge in [-0.15, -0.1) is 5.10 Å². The number of aromatic amines is 1. The number of nitrogens with one attached hydrogen (secondary N) is 1. The quantitative estimate of drug-likeness (QED) is 0.480. The van der Waals surface area contributed by atoms with Gasteiger partial charge < -0.3 is 9.88 Å². The van der Waals surface area contributed by atoms with E-state index in [-0.39, 0.29) is 23.7 Å². The fourth-order valence-electron chi connectivity index (χ4n) is 6.08. The van der Waals surface area contributed by atoms with Crippen molar-refractivity contribution in [2.75, 3.05) is 4.90 Å². The molecule has 2 aromatic carbocycles. The summed E-state index contributed by atoms with van der Waals surface area (Å²) in [5.74, 6) is 0.755. The highest BCUT2D eigenvalue weighted by Crippen LogP contribution is 2.42. The lowest BCUT2D eigenvalue weighted by Gasteiger charge is -2.34. The van der Waals surface area contributed by atoms with Crippen LogP contribution in [0.5, 0.6) is 0 Å². The molecule has 1 aliphatic carbocycles. The summed E-state index contributed by atoms with van der Waals surface area (Å²) in [5.41, 5.74) is 6.21. The van der Waals surface area contributed by atoms with Gasteiger partial charge in [0.15, 0.2) is 5.82 Å². The third-order valence-corrected chi connectivity index (χ3v) is 7.61. The number of fused-ring (bicyclic) bond motifs is 2. The predicted octanol–water partition coefficient (Wildman–Crippen LogP) is 4.79. The van der Waals surface area contributed by atoms with Crippen LogP contribution in [0.25, 0.3) is 10.9 Å². The minimum Gasteiger partial charge on any atom is -0.354 e. The van der Waals surface area contributed by atoms with E-state index in [4.69, 9.17) is 0 Å². The SMILES string of the molecule is Cc1cc(C)c2cc(C(c3nnnn3C3CCCC3)N3c4ccccc4CC3C)c(=O)[nH]c2c1. The molecule has 1 saturated carbocycles. The Morgan fingerprint density at radius 2 is 1.88 bits per heavy atom. The lowest BCUT2D eigenvalue weighted by Crippen LogP contribution is -2.39. The normalized spacial score (nSPS) is 19.1. The fourth-order valence-corrected chi connectivity index (χ4v) is 6.08. The number of nitrogens with zero attached hydrogens (tertiary/aromatic N) is 5. The Morgan fingerprint density at radius 1 is 1.09 bits per heavy atom. The zero-order chi connectivity index (χ0) is 23.4. The molecular weight excluding hydrogens is 424 g/mol. The van der Waals surface area contributed by atoms with Crippen LogP contribution in [0.15, 0.2) is 47.3 Å². The monoisotopic (exact) mass is 454 g/mol. The standard InChI is InChI=1S/C27H30N6O/c1-16-12-17(2)21-15-22(27(34)28-23(21)13-16)25(26-29-30-31-33(26)20-9-5-6-10-20)32-18(3)14-19-8-4-7-11-24(19)32/h4,7-8,11-13,15,18,20,25H,5-6,9-10,14H2,1-3H3,(H,28,34). The Hall–Kier alpha value is -3.48. The number of hydrogen-bond acceptors (Lipinski definition) is 5. The number of aromatic nitrogens is 5. The van der Waals surface area contributed by atoms with Crippen molar-refractivity contribution in [1.29, 1.82) is 0 Å². The summed E-state index contributed by atoms with van der Waals surface area (Å²) in [6.07, 6.45) is 5.45. The van der Waals surface area contributed by atoms with Gasteiger partial charge in [0.05, 0.1) is 6.04 Å². The Morgan fingerprint density at radius 3 is 2.71 bits per heavy atom. The minimum absolute atomic E-state index is 0.0833. The molecule has 7 nitrogen and oxygen atoms in total. The number of H-pyrrole nitrogens is 1. The van der Waals surface area contributed by atoms with Gasteiger partial charge in [0.25, 0.3) is 5.56 Å². The number of para-hydroxylation sites is 1. The lowest BCUT2D eigenvalue weighted by atomic mass is 9.99. The van der Waals surface area contributed by atoms with Gasteiger partial charge in [0, 0.05) is 28.2 Å². The first-order chi connectivity index (χ1) is 16.5. The van der Waals surface area contributed by atoms with Crippen molar-refractivity contribution in [2.45, 2.75) is 71.0 Å². The van der Waals surface area contributed by atoms with E-state index in [1.165, 1.54) is 18.4 Å². The molecule has 7 heteroatoms. The van der Waals surface area contributed by atoms with Crippen LogP contribution in [-0.4, -0.2) is 31.2 Å². The topological polar surface area (TPSA) is 79.7 Å². The van der Waals surface area contributed by atoms with Crippen molar-refractivity contribution in [3.05, 3.63) is 80.9 Å². The second-order valence-corrected chi connectivity index (χ2v) is 10.0. The van der Waals surface area contributed by atoms with Gasteiger partial charge in [-0.3, -0.25) is 4.79 Å². The number of benzene rings is 2. The van der Waals surface area contributed by atoms with E-state index in [2.05, 4.69) is 82.6 Å². The van der Waals surface area contributed by atoms with Crippen LogP contribution in [0.3, 0.4) is 0 Å². The van der Waals surface area contributed by atoms with Gasteiger partial charge in [-0.25, -0.2) is 4.68 Å². The highest BCUT2D eigenvalue weighted by atomic mass is 16.1. The van der Waals surface area contributed by atoms with Crippen molar-refractivity contribution in [2.24, 2.45) is 0 Å². The van der Waals surface area contributed by atoms with Crippen LogP contribution in [0.4, 0.5) is 5.69 Å². The molecule has 1 N–H and O–H groups in total. The maximum Gasteiger partial charge on any atom is 0.254 e. The van der Waals surface area contributed by atoms with Crippen LogP contribution in [0, 0.1) is 13.8 Å². The summed E-state index contributed by atoms with van der Waals surface area (Å²) in [7, 11) is 0. The predicted molar refractivity (Wildman–Crippen MR) is 133 cm³/mol. The highest BCUT2D eigenvalue weighted by molar-refractivity contribution is 5.83. The highest BCUT2D eigenvalue weighted by Gasteiger charge is 2.39. The zero-order valence-electron chi connectivity index (χ0n) is 20.0. The summed E-state index contributed by atoms with van der Waals surface area (Å²) in [4.78, 5) is 19.2. The Kier molecular flexibility index (Phi) is 5.01. The summed E-state index contributed by atoms with van der Waals surface area (Å²) < 4.78 is 2.00. The van der Waals surface area contributed by atoms with E-state index in [0.717, 1.165) is 52.8 Å². The van der Waals surface area contributed by atoms with Gasteiger partial charge in [-0.2, -0.15) is 0 Å². The van der Waals surface area contributed by atoms with E-state index in [1.54, 1.807) is 0 Å². The number of tetrazole rings is 1. The van der Waals surface area contributed by atoms with Crippen LogP contribution in [0.1, 0.15) is 72.8 Å². The molecule has 3 heterocycles. The largest absolute Gasteiger partial charge is 0.354 e. The van der Waals surface area contributed by atoms with Gasteiger partial charge >= 0.3 is 0 Å². The zero-order valence-corrected chi connectivity index (χ0v) is 20.0. The average Bonchev–Trinajstić information content (AvgIpc) is 3.55. The molecule has 2 unspecified atom stereocenters. The maximum atomic E-state index is 13.6. The van der Waals surface area contributed by atoms with Gasteiger partial charge in [0.1, 0.15) is 6.04 Å². The molecule has 0 bridgehead atoms. The third-order valence-electron chi connectivity index (χ3n) is 7.61. The molecule has 1 fully saturated rings. The van der Waals surface area contributed by atoms with Crippen LogP contribution in [-0.2, 0) is 6.42 Å². The van der Waals surface area contributed by atoms with Crippen molar-refractivity contribution in [1.82, 2.24) is 25.2 Å². The molecule has 34 heavy (non-hydrogen) atoms. The molecule has 1 aliphatic heterocycles. The third kappa shape index (κ3) is 3.33. The van der Waals surface area contributed by atoms with Crippen molar-refractivity contribution in [3.63, 3.8) is 0 Å². The molecule has 0 amide bonds. The van der Waals surface area contributed by atoms with E-state index in [9.17, 15) is 4.79 Å². The number of hydrogen-bond donors (Lipinski definition) is 1. The number of pyridine rings is 1. The molecule has 2 aromatic heterocycles. The summed E-state index contributed by atoms with van der Waals surface area (Å²) in [6, 6.07) is 14.9. The van der Waals surface area contributed by atoms with E-state index in [1.807, 2.05) is 10.7 Å². The van der Waals surface area contributed by atoms with Gasteiger partial charge in [-0.05, 0) is 85.3 Å². The maximum absolute atomic E-state index is 13.6. The first kappa shape index (κ1) is 21.1. The molecule has 6 rings (SSSR count). The van der Waals surface area contributed by atoms with Crippen LogP contribution < -0.4 is 10.5 Å². The molecule has 2 atom stereocenters. The first-order valence-corrected chi connectivity index (χ1v) is 12.3. The second-order valence-electron chi connectivity index (χ2n) is 10.0. The lowest BCUT2D eigenvalue weighted by molar-refractivity contribution is 0.423. The van der Waals surface area contributed by atoms with E-state index in [0.29, 0.717) is 5.56 Å². The summed E-state index contributed by atoms with van der Waals surface area (Å²) >= 11 is 0. The van der Waals surface area contributed by atoms with Gasteiger partial charge in [0.2, 0.25) is 0 Å². The molecule has 174 valence electrons. The number of aryl methyl sites for hydroxylation is 2. The van der Waals surface area contributed by atoms with Crippen LogP contribution >= 0.6 is 0 Å². The Balaban J connectivity index is 1.60. The van der Waals surface area contributed by atoms with E-state index < -0.39 is 0 Å². The molecule has 2 aliphatic rings. The molecule has 0 saturated heterocycles. The van der Waals surface area contributed by atoms with Crippen molar-refractivity contribution in [3.8, 4) is 0 Å². The summed E-state index contributed by atoms with van der Waals surface area (Å²) in [5, 5.41) is 14.2. The molecule has 0 radical (unpaired) electrons. The first-order valence-electron chi connectivity index (χ1n) is 12.3. The molecule has 0 spiro atoms. The van der Waals surface area contributed by atoms with Gasteiger partial charge in [-0.1, -0.05) is 37.1 Å². The van der Waals surface area contributed by atoms with Crippen LogP contribution in [0.2, 0.25) is 0 Å². The number of anilines is 1. The fraction of sp³-hybridized carbons (Fsp3) is 0.407. The average molecular weight is 455 g/mol. The Bertz CT molecular complexity index is 1430. The molecule has 4 aromatic rings. The van der Waals surface area contributed by atoms with E-state index >= 15 is 0 Å². The minimum atomic E-state index is -0.372. The summed E-state index contributed by atoms with van der Waals surface area (Å²) in [6.45, 7) is 6.38. The Labute approximate surface area is 198 Å². The molecular formula is C27H30N6O. The second kappa shape index (κ2) is 8.08. The van der Waals surface area contributed by atoms with Crippen molar-refractivity contribution >= 4 is 16.6 Å². The smallest absolute Gasteiger partial charge is 0.254 e.